The van der Waals surface area contributed by atoms with E-state index in [4.69, 9.17) is 4.74 Å². The number of benzene rings is 2. The molecule has 5 heteroatoms. The van der Waals surface area contributed by atoms with Gasteiger partial charge in [-0.1, -0.05) is 68.7 Å². The molecule has 5 nitrogen and oxygen atoms in total. The number of hydrogen-bond donors (Lipinski definition) is 1. The summed E-state index contributed by atoms with van der Waals surface area (Å²) in [7, 11) is 0. The van der Waals surface area contributed by atoms with Crippen LogP contribution in [0.1, 0.15) is 62.1 Å². The molecule has 2 aromatic rings. The van der Waals surface area contributed by atoms with E-state index in [1.807, 2.05) is 57.2 Å². The zero-order valence-electron chi connectivity index (χ0n) is 20.3. The molecule has 0 saturated heterocycles. The Bertz CT molecular complexity index is 907. The summed E-state index contributed by atoms with van der Waals surface area (Å²) >= 11 is 0. The second-order valence-electron chi connectivity index (χ2n) is 9.15. The fourth-order valence-electron chi connectivity index (χ4n) is 4.53. The van der Waals surface area contributed by atoms with Crippen LogP contribution in [0.5, 0.6) is 5.75 Å². The molecule has 0 aromatic heterocycles. The smallest absolute Gasteiger partial charge is 0.261 e. The van der Waals surface area contributed by atoms with E-state index in [2.05, 4.69) is 17.4 Å². The molecule has 1 aliphatic carbocycles. The summed E-state index contributed by atoms with van der Waals surface area (Å²) in [5.74, 6) is 0.515. The maximum Gasteiger partial charge on any atom is 0.261 e. The van der Waals surface area contributed by atoms with E-state index in [0.29, 0.717) is 25.1 Å². The minimum Gasteiger partial charge on any atom is -0.483 e. The summed E-state index contributed by atoms with van der Waals surface area (Å²) in [5.41, 5.74) is 3.22. The predicted molar refractivity (Wildman–Crippen MR) is 132 cm³/mol. The highest BCUT2D eigenvalue weighted by molar-refractivity contribution is 5.88. The summed E-state index contributed by atoms with van der Waals surface area (Å²) in [6, 6.07) is 15.8. The normalized spacial score (nSPS) is 15.0. The third kappa shape index (κ3) is 7.34. The first-order chi connectivity index (χ1) is 16.0. The van der Waals surface area contributed by atoms with Crippen LogP contribution < -0.4 is 10.1 Å². The van der Waals surface area contributed by atoms with Crippen molar-refractivity contribution in [3.05, 3.63) is 65.2 Å². The van der Waals surface area contributed by atoms with Crippen molar-refractivity contribution in [1.82, 2.24) is 10.2 Å². The van der Waals surface area contributed by atoms with Crippen molar-refractivity contribution in [2.24, 2.45) is 0 Å². The number of rotatable bonds is 10. The van der Waals surface area contributed by atoms with Crippen molar-refractivity contribution in [3.63, 3.8) is 0 Å². The Hall–Kier alpha value is -2.82. The van der Waals surface area contributed by atoms with Gasteiger partial charge in [-0.3, -0.25) is 9.59 Å². The Kier molecular flexibility index (Phi) is 9.35. The first-order valence-electron chi connectivity index (χ1n) is 12.3. The molecule has 1 atom stereocenters. The van der Waals surface area contributed by atoms with E-state index < -0.39 is 6.04 Å². The van der Waals surface area contributed by atoms with E-state index in [1.165, 1.54) is 6.42 Å². The van der Waals surface area contributed by atoms with Gasteiger partial charge in [0.1, 0.15) is 11.8 Å². The molecule has 1 saturated carbocycles. The van der Waals surface area contributed by atoms with Crippen LogP contribution in [0.25, 0.3) is 0 Å². The lowest BCUT2D eigenvalue weighted by Crippen LogP contribution is -2.53. The van der Waals surface area contributed by atoms with Gasteiger partial charge < -0.3 is 15.0 Å². The van der Waals surface area contributed by atoms with Gasteiger partial charge in [0.05, 0.1) is 0 Å². The number of carbonyl (C=O) groups excluding carboxylic acids is 2. The first kappa shape index (κ1) is 24.8. The lowest BCUT2D eigenvalue weighted by molar-refractivity contribution is -0.142. The van der Waals surface area contributed by atoms with Crippen LogP contribution in [0, 0.1) is 13.8 Å². The molecule has 0 unspecified atom stereocenters. The minimum absolute atomic E-state index is 0.0439. The molecule has 178 valence electrons. The first-order valence-corrected chi connectivity index (χ1v) is 12.3. The van der Waals surface area contributed by atoms with Crippen LogP contribution in [0.4, 0.5) is 0 Å². The second-order valence-corrected chi connectivity index (χ2v) is 9.15. The Balaban J connectivity index is 1.72. The van der Waals surface area contributed by atoms with Crippen molar-refractivity contribution < 1.29 is 14.3 Å². The van der Waals surface area contributed by atoms with Gasteiger partial charge in [-0.15, -0.1) is 0 Å². The van der Waals surface area contributed by atoms with Crippen molar-refractivity contribution >= 4 is 11.8 Å². The molecule has 3 rings (SSSR count). The number of carbonyl (C=O) groups is 2. The Morgan fingerprint density at radius 2 is 1.79 bits per heavy atom. The molecule has 1 N–H and O–H groups in total. The minimum atomic E-state index is -0.495. The monoisotopic (exact) mass is 450 g/mol. The molecule has 33 heavy (non-hydrogen) atoms. The summed E-state index contributed by atoms with van der Waals surface area (Å²) < 4.78 is 5.91. The molecule has 0 bridgehead atoms. The zero-order chi connectivity index (χ0) is 23.6. The quantitative estimate of drug-likeness (QED) is 0.555. The number of amides is 2. The van der Waals surface area contributed by atoms with E-state index in [-0.39, 0.29) is 24.5 Å². The van der Waals surface area contributed by atoms with E-state index in [0.717, 1.165) is 42.4 Å². The topological polar surface area (TPSA) is 58.6 Å². The van der Waals surface area contributed by atoms with Crippen LogP contribution in [-0.2, 0) is 16.0 Å². The second kappa shape index (κ2) is 12.4. The summed E-state index contributed by atoms with van der Waals surface area (Å²) in [6.45, 7) is 6.35. The number of nitrogens with one attached hydrogen (secondary N) is 1. The van der Waals surface area contributed by atoms with Gasteiger partial charge in [0.25, 0.3) is 5.91 Å². The highest BCUT2D eigenvalue weighted by Crippen LogP contribution is 2.20. The van der Waals surface area contributed by atoms with Gasteiger partial charge in [-0.05, 0) is 62.3 Å². The van der Waals surface area contributed by atoms with Crippen LogP contribution in [-0.4, -0.2) is 41.9 Å². The highest BCUT2D eigenvalue weighted by Gasteiger charge is 2.30. The maximum atomic E-state index is 13.4. The maximum absolute atomic E-state index is 13.4. The summed E-state index contributed by atoms with van der Waals surface area (Å²) in [5, 5.41) is 3.22. The number of aryl methyl sites for hydroxylation is 2. The number of hydrogen-bond acceptors (Lipinski definition) is 3. The van der Waals surface area contributed by atoms with Gasteiger partial charge in [0, 0.05) is 12.6 Å². The molecule has 0 spiro atoms. The fraction of sp³-hybridized carbons (Fsp3) is 0.500. The molecule has 0 aliphatic heterocycles. The average Bonchev–Trinajstić information content (AvgIpc) is 2.83. The largest absolute Gasteiger partial charge is 0.483 e. The number of ether oxygens (including phenoxy) is 1. The third-order valence-electron chi connectivity index (χ3n) is 6.52. The van der Waals surface area contributed by atoms with Crippen LogP contribution >= 0.6 is 0 Å². The molecule has 1 fully saturated rings. The molecule has 0 heterocycles. The molecule has 2 amide bonds. The molecule has 0 radical (unpaired) electrons. The lowest BCUT2D eigenvalue weighted by Gasteiger charge is -2.32. The molecular weight excluding hydrogens is 412 g/mol. The van der Waals surface area contributed by atoms with Crippen LogP contribution in [0.2, 0.25) is 0 Å². The van der Waals surface area contributed by atoms with Gasteiger partial charge in [-0.2, -0.15) is 0 Å². The highest BCUT2D eigenvalue weighted by atomic mass is 16.5. The van der Waals surface area contributed by atoms with Crippen molar-refractivity contribution in [2.45, 2.75) is 77.8 Å². The summed E-state index contributed by atoms with van der Waals surface area (Å²) in [4.78, 5) is 28.3. The Morgan fingerprint density at radius 1 is 1.06 bits per heavy atom. The molecule has 1 aliphatic rings. The Labute approximate surface area is 198 Å². The zero-order valence-corrected chi connectivity index (χ0v) is 20.3. The van der Waals surface area contributed by atoms with Crippen molar-refractivity contribution in [1.29, 1.82) is 0 Å². The van der Waals surface area contributed by atoms with Gasteiger partial charge in [0.2, 0.25) is 5.91 Å². The molecular formula is C28H38N2O3. The lowest BCUT2D eigenvalue weighted by atomic mass is 9.95. The predicted octanol–water partition coefficient (Wildman–Crippen LogP) is 4.98. The molecule has 2 aromatic carbocycles. The standard InChI is InChI=1S/C28H38N2O3/c1-4-25(28(32)29-24-13-9-6-10-14-24)30(18-17-23-11-7-5-8-12-23)27(31)20-33-26-19-21(2)15-16-22(26)3/h5,7-8,11-12,15-16,19,24-25H,4,6,9-10,13-14,17-18,20H2,1-3H3,(H,29,32)/t25-/m1/s1. The van der Waals surface area contributed by atoms with Gasteiger partial charge in [-0.25, -0.2) is 0 Å². The van der Waals surface area contributed by atoms with Crippen LogP contribution in [0.3, 0.4) is 0 Å². The van der Waals surface area contributed by atoms with Crippen molar-refractivity contribution in [2.75, 3.05) is 13.2 Å². The average molecular weight is 451 g/mol. The summed E-state index contributed by atoms with van der Waals surface area (Å²) in [6.07, 6.45) is 6.86. The van der Waals surface area contributed by atoms with E-state index in [1.54, 1.807) is 4.90 Å². The Morgan fingerprint density at radius 3 is 2.48 bits per heavy atom. The van der Waals surface area contributed by atoms with Crippen molar-refractivity contribution in [3.8, 4) is 5.75 Å². The van der Waals surface area contributed by atoms with E-state index in [9.17, 15) is 9.59 Å². The van der Waals surface area contributed by atoms with Gasteiger partial charge >= 0.3 is 0 Å². The van der Waals surface area contributed by atoms with Gasteiger partial charge in [0.15, 0.2) is 6.61 Å². The fourth-order valence-corrected chi connectivity index (χ4v) is 4.53. The van der Waals surface area contributed by atoms with E-state index >= 15 is 0 Å². The van der Waals surface area contributed by atoms with Crippen LogP contribution in [0.15, 0.2) is 48.5 Å². The SMILES string of the molecule is CC[C@H](C(=O)NC1CCCCC1)N(CCc1ccccc1)C(=O)COc1cc(C)ccc1C. The number of nitrogens with zero attached hydrogens (tertiary/aromatic N) is 1. The third-order valence-corrected chi connectivity index (χ3v) is 6.52.